The Morgan fingerprint density at radius 3 is 2.95 bits per heavy atom. The SMILES string of the molecule is CCOCCC(=O)N(C)Cc1cccc2ncccc12. The molecule has 0 bridgehead atoms. The van der Waals surface area contributed by atoms with Crippen molar-refractivity contribution in [3.63, 3.8) is 0 Å². The van der Waals surface area contributed by atoms with Crippen molar-refractivity contribution in [3.8, 4) is 0 Å². The Morgan fingerprint density at radius 1 is 1.30 bits per heavy atom. The second kappa shape index (κ2) is 7.01. The molecule has 1 heterocycles. The van der Waals surface area contributed by atoms with Gasteiger partial charge in [-0.25, -0.2) is 0 Å². The van der Waals surface area contributed by atoms with Crippen LogP contribution in [-0.4, -0.2) is 36.1 Å². The van der Waals surface area contributed by atoms with Gasteiger partial charge in [0.15, 0.2) is 0 Å². The van der Waals surface area contributed by atoms with E-state index in [1.807, 2.05) is 44.3 Å². The molecule has 106 valence electrons. The van der Waals surface area contributed by atoms with Gasteiger partial charge in [0.25, 0.3) is 0 Å². The molecular formula is C16H20N2O2. The predicted molar refractivity (Wildman–Crippen MR) is 79.3 cm³/mol. The average Bonchev–Trinajstić information content (AvgIpc) is 2.47. The van der Waals surface area contributed by atoms with Crippen LogP contribution >= 0.6 is 0 Å². The summed E-state index contributed by atoms with van der Waals surface area (Å²) in [7, 11) is 1.82. The van der Waals surface area contributed by atoms with Crippen LogP contribution in [0.3, 0.4) is 0 Å². The fourth-order valence-electron chi connectivity index (χ4n) is 2.14. The summed E-state index contributed by atoms with van der Waals surface area (Å²) >= 11 is 0. The molecule has 1 aromatic heterocycles. The van der Waals surface area contributed by atoms with E-state index < -0.39 is 0 Å². The van der Waals surface area contributed by atoms with E-state index in [2.05, 4.69) is 4.98 Å². The van der Waals surface area contributed by atoms with Crippen LogP contribution in [0.25, 0.3) is 10.9 Å². The molecule has 0 spiro atoms. The van der Waals surface area contributed by atoms with Gasteiger partial charge in [-0.05, 0) is 24.6 Å². The van der Waals surface area contributed by atoms with Crippen molar-refractivity contribution < 1.29 is 9.53 Å². The number of fused-ring (bicyclic) bond motifs is 1. The smallest absolute Gasteiger partial charge is 0.224 e. The lowest BCUT2D eigenvalue weighted by atomic mass is 10.1. The van der Waals surface area contributed by atoms with E-state index in [1.54, 1.807) is 11.1 Å². The molecule has 0 aliphatic rings. The summed E-state index contributed by atoms with van der Waals surface area (Å²) in [6.07, 6.45) is 2.20. The molecule has 1 amide bonds. The fraction of sp³-hybridized carbons (Fsp3) is 0.375. The minimum atomic E-state index is 0.0966. The molecule has 0 aliphatic carbocycles. The van der Waals surface area contributed by atoms with Crippen molar-refractivity contribution in [3.05, 3.63) is 42.1 Å². The topological polar surface area (TPSA) is 42.4 Å². The summed E-state index contributed by atoms with van der Waals surface area (Å²) in [5, 5.41) is 1.10. The van der Waals surface area contributed by atoms with Crippen LogP contribution in [0.2, 0.25) is 0 Å². The quantitative estimate of drug-likeness (QED) is 0.759. The minimum absolute atomic E-state index is 0.0966. The van der Waals surface area contributed by atoms with Gasteiger partial charge in [0.05, 0.1) is 18.5 Å². The highest BCUT2D eigenvalue weighted by Gasteiger charge is 2.10. The highest BCUT2D eigenvalue weighted by molar-refractivity contribution is 5.83. The van der Waals surface area contributed by atoms with Gasteiger partial charge in [-0.15, -0.1) is 0 Å². The van der Waals surface area contributed by atoms with E-state index in [-0.39, 0.29) is 5.91 Å². The zero-order chi connectivity index (χ0) is 14.4. The van der Waals surface area contributed by atoms with Crippen molar-refractivity contribution in [1.82, 2.24) is 9.88 Å². The highest BCUT2D eigenvalue weighted by Crippen LogP contribution is 2.17. The Balaban J connectivity index is 2.06. The van der Waals surface area contributed by atoms with Crippen LogP contribution in [0.1, 0.15) is 18.9 Å². The number of hydrogen-bond acceptors (Lipinski definition) is 3. The van der Waals surface area contributed by atoms with Crippen LogP contribution in [0.15, 0.2) is 36.5 Å². The maximum absolute atomic E-state index is 12.0. The van der Waals surface area contributed by atoms with Crippen LogP contribution in [0.5, 0.6) is 0 Å². The van der Waals surface area contributed by atoms with Gasteiger partial charge in [-0.2, -0.15) is 0 Å². The number of amides is 1. The van der Waals surface area contributed by atoms with Gasteiger partial charge < -0.3 is 9.64 Å². The summed E-state index contributed by atoms with van der Waals surface area (Å²) in [4.78, 5) is 18.1. The van der Waals surface area contributed by atoms with E-state index in [4.69, 9.17) is 4.74 Å². The Morgan fingerprint density at radius 2 is 2.15 bits per heavy atom. The van der Waals surface area contributed by atoms with Gasteiger partial charge >= 0.3 is 0 Å². The number of benzene rings is 1. The summed E-state index contributed by atoms with van der Waals surface area (Å²) < 4.78 is 5.22. The van der Waals surface area contributed by atoms with Crippen LogP contribution in [-0.2, 0) is 16.1 Å². The molecule has 0 aliphatic heterocycles. The van der Waals surface area contributed by atoms with Crippen LogP contribution in [0, 0.1) is 0 Å². The number of carbonyl (C=O) groups is 1. The molecular weight excluding hydrogens is 252 g/mol. The third kappa shape index (κ3) is 3.54. The summed E-state index contributed by atoms with van der Waals surface area (Å²) in [6.45, 7) is 3.65. The first-order valence-electron chi connectivity index (χ1n) is 6.86. The molecule has 0 N–H and O–H groups in total. The number of hydrogen-bond donors (Lipinski definition) is 0. The van der Waals surface area contributed by atoms with Crippen molar-refractivity contribution in [2.75, 3.05) is 20.3 Å². The molecule has 4 nitrogen and oxygen atoms in total. The monoisotopic (exact) mass is 272 g/mol. The second-order valence-electron chi connectivity index (χ2n) is 4.68. The number of rotatable bonds is 6. The van der Waals surface area contributed by atoms with Gasteiger partial charge in [0.2, 0.25) is 5.91 Å². The summed E-state index contributed by atoms with van der Waals surface area (Å²) in [6, 6.07) is 9.95. The number of carbonyl (C=O) groups excluding carboxylic acids is 1. The van der Waals surface area contributed by atoms with E-state index in [0.29, 0.717) is 26.2 Å². The Kier molecular flexibility index (Phi) is 5.07. The lowest BCUT2D eigenvalue weighted by Gasteiger charge is -2.18. The maximum atomic E-state index is 12.0. The third-order valence-electron chi connectivity index (χ3n) is 3.23. The Bertz CT molecular complexity index is 578. The Labute approximate surface area is 119 Å². The van der Waals surface area contributed by atoms with Crippen molar-refractivity contribution >= 4 is 16.8 Å². The number of nitrogens with zero attached hydrogens (tertiary/aromatic N) is 2. The Hall–Kier alpha value is -1.94. The molecule has 0 saturated heterocycles. The van der Waals surface area contributed by atoms with Gasteiger partial charge in [0.1, 0.15) is 0 Å². The maximum Gasteiger partial charge on any atom is 0.224 e. The van der Waals surface area contributed by atoms with E-state index in [0.717, 1.165) is 16.5 Å². The summed E-state index contributed by atoms with van der Waals surface area (Å²) in [5.41, 5.74) is 2.07. The highest BCUT2D eigenvalue weighted by atomic mass is 16.5. The lowest BCUT2D eigenvalue weighted by Crippen LogP contribution is -2.27. The minimum Gasteiger partial charge on any atom is -0.381 e. The van der Waals surface area contributed by atoms with Gasteiger partial charge in [-0.3, -0.25) is 9.78 Å². The molecule has 20 heavy (non-hydrogen) atoms. The molecule has 0 radical (unpaired) electrons. The van der Waals surface area contributed by atoms with E-state index >= 15 is 0 Å². The van der Waals surface area contributed by atoms with E-state index in [9.17, 15) is 4.79 Å². The van der Waals surface area contributed by atoms with Gasteiger partial charge in [0, 0.05) is 31.8 Å². The number of pyridine rings is 1. The average molecular weight is 272 g/mol. The number of aromatic nitrogens is 1. The largest absolute Gasteiger partial charge is 0.381 e. The van der Waals surface area contributed by atoms with Gasteiger partial charge in [-0.1, -0.05) is 18.2 Å². The molecule has 0 saturated carbocycles. The van der Waals surface area contributed by atoms with Crippen molar-refractivity contribution in [1.29, 1.82) is 0 Å². The van der Waals surface area contributed by atoms with Crippen molar-refractivity contribution in [2.24, 2.45) is 0 Å². The molecule has 4 heteroatoms. The predicted octanol–water partition coefficient (Wildman–Crippen LogP) is 2.62. The van der Waals surface area contributed by atoms with Crippen LogP contribution in [0.4, 0.5) is 0 Å². The number of ether oxygens (including phenoxy) is 1. The molecule has 2 rings (SSSR count). The lowest BCUT2D eigenvalue weighted by molar-refractivity contribution is -0.131. The van der Waals surface area contributed by atoms with Crippen LogP contribution < -0.4 is 0 Å². The molecule has 0 fully saturated rings. The van der Waals surface area contributed by atoms with E-state index in [1.165, 1.54) is 0 Å². The summed E-state index contributed by atoms with van der Waals surface area (Å²) in [5.74, 6) is 0.0966. The first kappa shape index (κ1) is 14.5. The molecule has 2 aromatic rings. The normalized spacial score (nSPS) is 10.7. The second-order valence-corrected chi connectivity index (χ2v) is 4.68. The van der Waals surface area contributed by atoms with Crippen molar-refractivity contribution in [2.45, 2.75) is 19.9 Å². The first-order chi connectivity index (χ1) is 9.72. The molecule has 0 atom stereocenters. The standard InChI is InChI=1S/C16H20N2O2/c1-3-20-11-9-16(19)18(2)12-13-6-4-8-15-14(13)7-5-10-17-15/h4-8,10H,3,9,11-12H2,1-2H3. The fourth-order valence-corrected chi connectivity index (χ4v) is 2.14. The molecule has 0 unspecified atom stereocenters. The molecule has 1 aromatic carbocycles. The zero-order valence-electron chi connectivity index (χ0n) is 12.0. The first-order valence-corrected chi connectivity index (χ1v) is 6.86. The zero-order valence-corrected chi connectivity index (χ0v) is 12.0. The third-order valence-corrected chi connectivity index (χ3v) is 3.23.